The largest absolute Gasteiger partial charge is 0.324 e. The van der Waals surface area contributed by atoms with Gasteiger partial charge < -0.3 is 5.32 Å². The van der Waals surface area contributed by atoms with Crippen LogP contribution in [0.15, 0.2) is 11.4 Å². The summed E-state index contributed by atoms with van der Waals surface area (Å²) in [6.45, 7) is 4.14. The second-order valence-corrected chi connectivity index (χ2v) is 9.21. The molecule has 0 aliphatic heterocycles. The van der Waals surface area contributed by atoms with Crippen molar-refractivity contribution in [2.24, 2.45) is 29.6 Å². The van der Waals surface area contributed by atoms with E-state index in [0.29, 0.717) is 11.8 Å². The molecule has 24 heavy (non-hydrogen) atoms. The van der Waals surface area contributed by atoms with E-state index < -0.39 is 0 Å². The minimum absolute atomic E-state index is 0.242. The fourth-order valence-electron chi connectivity index (χ4n) is 6.05. The first-order chi connectivity index (χ1) is 11.6. The van der Waals surface area contributed by atoms with Crippen LogP contribution in [0.2, 0.25) is 0 Å². The molecule has 2 aromatic heterocycles. The van der Waals surface area contributed by atoms with Gasteiger partial charge in [0.25, 0.3) is 0 Å². The lowest BCUT2D eigenvalue weighted by Crippen LogP contribution is -2.49. The summed E-state index contributed by atoms with van der Waals surface area (Å²) in [5.74, 6) is 3.59. The molecule has 4 aliphatic carbocycles. The molecule has 1 N–H and O–H groups in total. The summed E-state index contributed by atoms with van der Waals surface area (Å²) < 4.78 is 0. The number of aromatic nitrogens is 1. The molecule has 126 valence electrons. The molecule has 2 aromatic rings. The Kier molecular flexibility index (Phi) is 3.28. The highest BCUT2D eigenvalue weighted by Gasteiger charge is 2.50. The first-order valence-corrected chi connectivity index (χ1v) is 10.1. The summed E-state index contributed by atoms with van der Waals surface area (Å²) in [5.41, 5.74) is 3.22. The Morgan fingerprint density at radius 2 is 1.79 bits per heavy atom. The van der Waals surface area contributed by atoms with Crippen molar-refractivity contribution in [2.75, 3.05) is 5.32 Å². The lowest BCUT2D eigenvalue weighted by atomic mass is 9.51. The van der Waals surface area contributed by atoms with E-state index in [0.717, 1.165) is 33.4 Å². The summed E-state index contributed by atoms with van der Waals surface area (Å²) in [4.78, 5) is 18.7. The van der Waals surface area contributed by atoms with Crippen molar-refractivity contribution in [3.63, 3.8) is 0 Å². The number of hydrogen-bond donors (Lipinski definition) is 1. The molecule has 4 fully saturated rings. The Morgan fingerprint density at radius 1 is 1.12 bits per heavy atom. The van der Waals surface area contributed by atoms with Crippen molar-refractivity contribution in [3.8, 4) is 0 Å². The zero-order valence-electron chi connectivity index (χ0n) is 14.3. The molecule has 2 heterocycles. The second kappa shape index (κ2) is 5.29. The van der Waals surface area contributed by atoms with Gasteiger partial charge in [0.05, 0.1) is 5.69 Å². The summed E-state index contributed by atoms with van der Waals surface area (Å²) in [6, 6.07) is 2.10. The van der Waals surface area contributed by atoms with Gasteiger partial charge in [0.2, 0.25) is 5.91 Å². The number of carbonyl (C=O) groups excluding carboxylic acids is 1. The minimum Gasteiger partial charge on any atom is -0.324 e. The number of carbonyl (C=O) groups is 1. The molecule has 0 radical (unpaired) electrons. The summed E-state index contributed by atoms with van der Waals surface area (Å²) >= 11 is 1.63. The van der Waals surface area contributed by atoms with Crippen molar-refractivity contribution < 1.29 is 4.79 Å². The summed E-state index contributed by atoms with van der Waals surface area (Å²) in [6.07, 6.45) is 6.58. The molecular formula is C20H24N2OS. The zero-order valence-corrected chi connectivity index (χ0v) is 15.2. The molecule has 4 aliphatic rings. The second-order valence-electron chi connectivity index (χ2n) is 8.36. The Hall–Kier alpha value is -1.42. The number of thiophene rings is 1. The van der Waals surface area contributed by atoms with E-state index in [1.807, 2.05) is 6.92 Å². The van der Waals surface area contributed by atoms with Crippen LogP contribution in [0, 0.1) is 43.4 Å². The van der Waals surface area contributed by atoms with Crippen molar-refractivity contribution in [1.82, 2.24) is 4.98 Å². The lowest BCUT2D eigenvalue weighted by Gasteiger charge is -2.53. The highest BCUT2D eigenvalue weighted by atomic mass is 32.1. The van der Waals surface area contributed by atoms with E-state index in [1.165, 1.54) is 37.7 Å². The van der Waals surface area contributed by atoms with Crippen LogP contribution in [-0.2, 0) is 4.79 Å². The first kappa shape index (κ1) is 14.9. The SMILES string of the molecule is Cc1cc(C)c2c(NC(=O)C3C4CC5CC(C4)CC3C5)csc2n1. The third kappa shape index (κ3) is 2.22. The Labute approximate surface area is 146 Å². The summed E-state index contributed by atoms with van der Waals surface area (Å²) in [5, 5.41) is 6.48. The smallest absolute Gasteiger partial charge is 0.228 e. The summed E-state index contributed by atoms with van der Waals surface area (Å²) in [7, 11) is 0. The van der Waals surface area contributed by atoms with Gasteiger partial charge in [-0.1, -0.05) is 0 Å². The van der Waals surface area contributed by atoms with Crippen LogP contribution in [0.3, 0.4) is 0 Å². The average Bonchev–Trinajstić information content (AvgIpc) is 2.89. The average molecular weight is 340 g/mol. The van der Waals surface area contributed by atoms with Crippen LogP contribution < -0.4 is 5.32 Å². The van der Waals surface area contributed by atoms with E-state index in [4.69, 9.17) is 0 Å². The van der Waals surface area contributed by atoms with E-state index >= 15 is 0 Å². The number of rotatable bonds is 2. The quantitative estimate of drug-likeness (QED) is 0.843. The van der Waals surface area contributed by atoms with Crippen LogP contribution in [-0.4, -0.2) is 10.9 Å². The number of aryl methyl sites for hydroxylation is 2. The van der Waals surface area contributed by atoms with Gasteiger partial charge >= 0.3 is 0 Å². The van der Waals surface area contributed by atoms with Gasteiger partial charge in [-0.3, -0.25) is 4.79 Å². The lowest BCUT2D eigenvalue weighted by molar-refractivity contribution is -0.132. The predicted molar refractivity (Wildman–Crippen MR) is 98.3 cm³/mol. The molecule has 0 atom stereocenters. The normalized spacial score (nSPS) is 34.0. The van der Waals surface area contributed by atoms with E-state index in [1.54, 1.807) is 11.3 Å². The monoisotopic (exact) mass is 340 g/mol. The molecule has 4 saturated carbocycles. The maximum Gasteiger partial charge on any atom is 0.228 e. The van der Waals surface area contributed by atoms with Crippen molar-refractivity contribution >= 4 is 33.1 Å². The van der Waals surface area contributed by atoms with Crippen LogP contribution >= 0.6 is 11.3 Å². The van der Waals surface area contributed by atoms with Gasteiger partial charge in [0.1, 0.15) is 4.83 Å². The Balaban J connectivity index is 1.43. The molecule has 4 bridgehead atoms. The van der Waals surface area contributed by atoms with Crippen LogP contribution in [0.1, 0.15) is 43.4 Å². The van der Waals surface area contributed by atoms with Gasteiger partial charge in [-0.2, -0.15) is 0 Å². The molecule has 0 saturated heterocycles. The van der Waals surface area contributed by atoms with Crippen molar-refractivity contribution in [2.45, 2.75) is 46.0 Å². The maximum absolute atomic E-state index is 13.1. The Bertz CT molecular complexity index is 796. The molecule has 1 amide bonds. The number of amides is 1. The molecule has 0 spiro atoms. The Morgan fingerprint density at radius 3 is 2.46 bits per heavy atom. The molecule has 0 aromatic carbocycles. The minimum atomic E-state index is 0.242. The van der Waals surface area contributed by atoms with E-state index in [-0.39, 0.29) is 11.8 Å². The van der Waals surface area contributed by atoms with Gasteiger partial charge in [0, 0.05) is 22.4 Å². The fourth-order valence-corrected chi connectivity index (χ4v) is 7.04. The molecular weight excluding hydrogens is 316 g/mol. The highest BCUT2D eigenvalue weighted by molar-refractivity contribution is 7.17. The van der Waals surface area contributed by atoms with Gasteiger partial charge in [-0.15, -0.1) is 11.3 Å². The number of anilines is 1. The number of nitrogens with zero attached hydrogens (tertiary/aromatic N) is 1. The zero-order chi connectivity index (χ0) is 16.4. The number of pyridine rings is 1. The highest BCUT2D eigenvalue weighted by Crippen LogP contribution is 2.56. The maximum atomic E-state index is 13.1. The molecule has 3 nitrogen and oxygen atoms in total. The van der Waals surface area contributed by atoms with Crippen LogP contribution in [0.4, 0.5) is 5.69 Å². The van der Waals surface area contributed by atoms with E-state index in [9.17, 15) is 4.79 Å². The number of hydrogen-bond acceptors (Lipinski definition) is 3. The topological polar surface area (TPSA) is 42.0 Å². The predicted octanol–water partition coefficient (Wildman–Crippen LogP) is 4.92. The molecule has 0 unspecified atom stereocenters. The standard InChI is InChI=1S/C20H24N2OS/c1-10-3-11(2)21-20-17(10)16(9-24-20)22-19(23)18-14-5-12-4-13(7-14)8-15(18)6-12/h3,9,12-15,18H,4-8H2,1-2H3,(H,22,23). The fraction of sp³-hybridized carbons (Fsp3) is 0.600. The first-order valence-electron chi connectivity index (χ1n) is 9.25. The van der Waals surface area contributed by atoms with Crippen LogP contribution in [0.25, 0.3) is 10.2 Å². The molecule has 4 heteroatoms. The third-order valence-electron chi connectivity index (χ3n) is 6.66. The molecule has 6 rings (SSSR count). The van der Waals surface area contributed by atoms with E-state index in [2.05, 4.69) is 28.7 Å². The van der Waals surface area contributed by atoms with Gasteiger partial charge in [-0.25, -0.2) is 4.98 Å². The number of fused-ring (bicyclic) bond motifs is 1. The number of nitrogens with one attached hydrogen (secondary N) is 1. The van der Waals surface area contributed by atoms with Gasteiger partial charge in [0.15, 0.2) is 0 Å². The van der Waals surface area contributed by atoms with Crippen molar-refractivity contribution in [3.05, 3.63) is 22.7 Å². The van der Waals surface area contributed by atoms with Crippen molar-refractivity contribution in [1.29, 1.82) is 0 Å². The van der Waals surface area contributed by atoms with Gasteiger partial charge in [-0.05, 0) is 81.3 Å². The van der Waals surface area contributed by atoms with Crippen LogP contribution in [0.5, 0.6) is 0 Å². The third-order valence-corrected chi connectivity index (χ3v) is 7.53.